The monoisotopic (exact) mass is 526 g/mol. The summed E-state index contributed by atoms with van der Waals surface area (Å²) in [5, 5.41) is 0. The smallest absolute Gasteiger partial charge is 0.290 e. The lowest BCUT2D eigenvalue weighted by Crippen LogP contribution is -2.47. The Bertz CT molecular complexity index is 1600. The van der Waals surface area contributed by atoms with Gasteiger partial charge in [-0.2, -0.15) is 0 Å². The van der Waals surface area contributed by atoms with Crippen molar-refractivity contribution in [2.75, 3.05) is 11.4 Å². The summed E-state index contributed by atoms with van der Waals surface area (Å²) in [5.41, 5.74) is 2.93. The van der Waals surface area contributed by atoms with Crippen molar-refractivity contribution < 1.29 is 14.4 Å². The number of likely N-dealkylation sites (tertiary alicyclic amines) is 1. The summed E-state index contributed by atoms with van der Waals surface area (Å²) in [7, 11) is 0. The van der Waals surface area contributed by atoms with Crippen LogP contribution >= 0.6 is 0 Å². The first-order valence-corrected chi connectivity index (χ1v) is 13.9. The Morgan fingerprint density at radius 1 is 0.650 bits per heavy atom. The number of hydrogen-bond donors (Lipinski definition) is 0. The number of fused-ring (bicyclic) bond motifs is 2. The molecule has 5 heteroatoms. The van der Waals surface area contributed by atoms with Gasteiger partial charge in [0.1, 0.15) is 0 Å². The van der Waals surface area contributed by atoms with Crippen molar-refractivity contribution in [3.8, 4) is 0 Å². The van der Waals surface area contributed by atoms with Crippen LogP contribution in [0.15, 0.2) is 115 Å². The molecule has 1 aliphatic carbocycles. The second-order valence-electron chi connectivity index (χ2n) is 11.3. The van der Waals surface area contributed by atoms with E-state index in [0.717, 1.165) is 27.9 Å². The maximum absolute atomic E-state index is 14.8. The Balaban J connectivity index is 1.36. The van der Waals surface area contributed by atoms with Gasteiger partial charge in [-0.1, -0.05) is 109 Å². The molecular weight excluding hydrogens is 496 g/mol. The summed E-state index contributed by atoms with van der Waals surface area (Å²) in [6, 6.07) is 37.7. The lowest BCUT2D eigenvalue weighted by Gasteiger charge is -2.38. The molecule has 1 saturated heterocycles. The van der Waals surface area contributed by atoms with E-state index in [1.807, 2.05) is 114 Å². The predicted molar refractivity (Wildman–Crippen MR) is 153 cm³/mol. The number of hydrogen-bond acceptors (Lipinski definition) is 3. The maximum Gasteiger partial charge on any atom is 0.290 e. The van der Waals surface area contributed by atoms with Crippen molar-refractivity contribution >= 4 is 23.3 Å². The number of amides is 2. The van der Waals surface area contributed by atoms with Gasteiger partial charge in [0.05, 0.1) is 17.4 Å². The molecule has 4 aromatic carbocycles. The van der Waals surface area contributed by atoms with Gasteiger partial charge in [-0.3, -0.25) is 14.4 Å². The average molecular weight is 527 g/mol. The second kappa shape index (κ2) is 9.30. The number of carbonyl (C=O) groups is 3. The molecule has 0 bridgehead atoms. The molecule has 0 radical (unpaired) electrons. The summed E-state index contributed by atoms with van der Waals surface area (Å²) < 4.78 is 0. The van der Waals surface area contributed by atoms with Crippen LogP contribution in [0.2, 0.25) is 0 Å². The zero-order valence-electron chi connectivity index (χ0n) is 22.2. The van der Waals surface area contributed by atoms with Gasteiger partial charge in [0, 0.05) is 24.7 Å². The van der Waals surface area contributed by atoms with E-state index >= 15 is 0 Å². The molecule has 1 saturated carbocycles. The molecule has 2 fully saturated rings. The molecule has 3 aliphatic rings. The van der Waals surface area contributed by atoms with Gasteiger partial charge in [0.2, 0.25) is 11.7 Å². The molecule has 3 atom stereocenters. The Morgan fingerprint density at radius 2 is 1.23 bits per heavy atom. The van der Waals surface area contributed by atoms with Crippen molar-refractivity contribution in [1.82, 2.24) is 4.90 Å². The van der Waals surface area contributed by atoms with E-state index in [1.165, 1.54) is 0 Å². The zero-order chi connectivity index (χ0) is 27.3. The van der Waals surface area contributed by atoms with Gasteiger partial charge in [-0.05, 0) is 41.2 Å². The molecule has 4 aromatic rings. The fourth-order valence-electron chi connectivity index (χ4n) is 7.61. The first-order valence-electron chi connectivity index (χ1n) is 13.9. The first kappa shape index (κ1) is 24.5. The Kier molecular flexibility index (Phi) is 5.70. The minimum absolute atomic E-state index is 0.0186. The van der Waals surface area contributed by atoms with Crippen molar-refractivity contribution in [2.45, 2.75) is 37.3 Å². The van der Waals surface area contributed by atoms with E-state index in [-0.39, 0.29) is 11.7 Å². The van der Waals surface area contributed by atoms with Crippen LogP contribution in [0.25, 0.3) is 0 Å². The molecule has 40 heavy (non-hydrogen) atoms. The zero-order valence-corrected chi connectivity index (χ0v) is 22.2. The Morgan fingerprint density at radius 3 is 1.90 bits per heavy atom. The van der Waals surface area contributed by atoms with Crippen LogP contribution in [0, 0.1) is 5.41 Å². The van der Waals surface area contributed by atoms with E-state index in [9.17, 15) is 14.4 Å². The van der Waals surface area contributed by atoms with Crippen LogP contribution in [-0.4, -0.2) is 29.0 Å². The number of carbonyl (C=O) groups excluding carboxylic acids is 3. The third kappa shape index (κ3) is 3.50. The van der Waals surface area contributed by atoms with E-state index < -0.39 is 22.7 Å². The highest BCUT2D eigenvalue weighted by Crippen LogP contribution is 2.66. The number of Topliss-reactive ketones (excluding diaryl/α,β-unsaturated/α-hetero) is 1. The SMILES string of the molecule is O=C1C(=O)[C@]2(CC[C@]3(C(=O)N(Cc4ccccc4)c4ccccc43)[C@@H]2c2ccccc2)CN1Cc1ccccc1. The molecule has 5 nitrogen and oxygen atoms in total. The molecule has 0 unspecified atom stereocenters. The quantitative estimate of drug-likeness (QED) is 0.316. The molecule has 7 rings (SSSR count). The fourth-order valence-corrected chi connectivity index (χ4v) is 7.61. The van der Waals surface area contributed by atoms with E-state index in [0.29, 0.717) is 32.5 Å². The van der Waals surface area contributed by atoms with Crippen molar-refractivity contribution in [3.05, 3.63) is 138 Å². The molecule has 2 aliphatic heterocycles. The molecule has 0 aromatic heterocycles. The van der Waals surface area contributed by atoms with Crippen LogP contribution in [0.1, 0.15) is 41.0 Å². The number of para-hydroxylation sites is 1. The molecule has 2 heterocycles. The predicted octanol–water partition coefficient (Wildman–Crippen LogP) is 5.65. The normalized spacial score (nSPS) is 25.4. The van der Waals surface area contributed by atoms with Gasteiger partial charge in [-0.15, -0.1) is 0 Å². The summed E-state index contributed by atoms with van der Waals surface area (Å²) >= 11 is 0. The highest BCUT2D eigenvalue weighted by atomic mass is 16.2. The fraction of sp³-hybridized carbons (Fsp3) is 0.229. The minimum atomic E-state index is -0.973. The highest BCUT2D eigenvalue weighted by molar-refractivity contribution is 6.40. The average Bonchev–Trinajstić information content (AvgIpc) is 3.55. The highest BCUT2D eigenvalue weighted by Gasteiger charge is 2.71. The largest absolute Gasteiger partial charge is 0.331 e. The second-order valence-corrected chi connectivity index (χ2v) is 11.3. The third-order valence-corrected chi connectivity index (χ3v) is 9.25. The van der Waals surface area contributed by atoms with Crippen LogP contribution in [0.3, 0.4) is 0 Å². The van der Waals surface area contributed by atoms with Gasteiger partial charge in [-0.25, -0.2) is 0 Å². The maximum atomic E-state index is 14.8. The first-order chi connectivity index (χ1) is 19.5. The lowest BCUT2D eigenvalue weighted by molar-refractivity contribution is -0.143. The summed E-state index contributed by atoms with van der Waals surface area (Å²) in [4.78, 5) is 46.1. The molecule has 2 spiro atoms. The Labute approximate surface area is 234 Å². The van der Waals surface area contributed by atoms with Crippen molar-refractivity contribution in [2.24, 2.45) is 5.41 Å². The topological polar surface area (TPSA) is 57.7 Å². The standard InChI is InChI=1S/C35H30N2O3/c38-31-32(39)36(22-25-12-4-1-5-13-25)24-34(31)20-21-35(30(34)27-16-8-3-9-17-27)28-18-10-11-19-29(28)37(33(35)40)23-26-14-6-2-7-15-26/h1-19,30H,20-24H2/t30-,34-,35-/m1/s1. The third-order valence-electron chi connectivity index (χ3n) is 9.25. The molecule has 0 N–H and O–H groups in total. The molecule has 2 amide bonds. The lowest BCUT2D eigenvalue weighted by atomic mass is 9.62. The van der Waals surface area contributed by atoms with Crippen molar-refractivity contribution in [1.29, 1.82) is 0 Å². The number of ketones is 1. The van der Waals surface area contributed by atoms with Gasteiger partial charge < -0.3 is 9.80 Å². The van der Waals surface area contributed by atoms with Gasteiger partial charge >= 0.3 is 0 Å². The van der Waals surface area contributed by atoms with Crippen molar-refractivity contribution in [3.63, 3.8) is 0 Å². The van der Waals surface area contributed by atoms with E-state index in [1.54, 1.807) is 4.90 Å². The van der Waals surface area contributed by atoms with Crippen LogP contribution in [0.5, 0.6) is 0 Å². The van der Waals surface area contributed by atoms with E-state index in [4.69, 9.17) is 0 Å². The Hall–Kier alpha value is -4.51. The number of benzene rings is 4. The van der Waals surface area contributed by atoms with E-state index in [2.05, 4.69) is 6.07 Å². The number of rotatable bonds is 5. The number of anilines is 1. The van der Waals surface area contributed by atoms with Crippen LogP contribution < -0.4 is 4.90 Å². The summed E-state index contributed by atoms with van der Waals surface area (Å²) in [6.07, 6.45) is 1.01. The van der Waals surface area contributed by atoms with Gasteiger partial charge in [0.25, 0.3) is 5.91 Å². The molecule has 198 valence electrons. The minimum Gasteiger partial charge on any atom is -0.331 e. The molecular formula is C35H30N2O3. The van der Waals surface area contributed by atoms with Gasteiger partial charge in [0.15, 0.2) is 0 Å². The number of nitrogens with zero attached hydrogens (tertiary/aromatic N) is 2. The summed E-state index contributed by atoms with van der Waals surface area (Å²) in [6.45, 7) is 1.15. The van der Waals surface area contributed by atoms with Crippen LogP contribution in [-0.2, 0) is 32.9 Å². The summed E-state index contributed by atoms with van der Waals surface area (Å²) in [5.74, 6) is -1.24. The van der Waals surface area contributed by atoms with Crippen LogP contribution in [0.4, 0.5) is 5.69 Å².